The monoisotopic (exact) mass is 1830 g/mol. The van der Waals surface area contributed by atoms with Crippen molar-refractivity contribution in [3.05, 3.63) is 35.9 Å². The van der Waals surface area contributed by atoms with Gasteiger partial charge in [-0.1, -0.05) is 71.9 Å². The number of benzene rings is 1. The van der Waals surface area contributed by atoms with Crippen LogP contribution in [0, 0.1) is 11.8 Å². The molecule has 596 valence electrons. The van der Waals surface area contributed by atoms with E-state index in [0.717, 1.165) is 5.56 Å². The van der Waals surface area contributed by atoms with Gasteiger partial charge in [-0.2, -0.15) is 0 Å². The summed E-state index contributed by atoms with van der Waals surface area (Å²) in [5.74, 6) is -10.6. The number of rotatable bonds is 64. The molecule has 8 unspecified atom stereocenters. The van der Waals surface area contributed by atoms with Crippen LogP contribution in [0.15, 0.2) is 30.3 Å². The van der Waals surface area contributed by atoms with Crippen LogP contribution in [0.1, 0.15) is 182 Å². The quantitative estimate of drug-likeness (QED) is 0.0161. The molecule has 0 radical (unpaired) electrons. The van der Waals surface area contributed by atoms with Gasteiger partial charge in [0.1, 0.15) is 41.8 Å². The second kappa shape index (κ2) is 65.5. The zero-order chi connectivity index (χ0) is 79.4. The average Bonchev–Trinajstić information content (AvgIpc) is 0.874. The Balaban J connectivity index is 0. The Hall–Kier alpha value is -2.76. The average molecular weight is 1830 g/mol. The van der Waals surface area contributed by atoms with Gasteiger partial charge in [0, 0.05) is 110 Å². The van der Waals surface area contributed by atoms with Gasteiger partial charge in [-0.05, 0) is 69.8 Å². The van der Waals surface area contributed by atoms with Crippen LogP contribution in [0.25, 0.3) is 0 Å². The van der Waals surface area contributed by atoms with Crippen molar-refractivity contribution < 1.29 is 203 Å². The Bertz CT molecular complexity index is 3020. The fourth-order valence-electron chi connectivity index (χ4n) is 10.5. The maximum Gasteiger partial charge on any atom is 1.00 e. The summed E-state index contributed by atoms with van der Waals surface area (Å²) in [4.78, 5) is 228. The second-order valence-electron chi connectivity index (χ2n) is 25.5. The summed E-state index contributed by atoms with van der Waals surface area (Å²) in [5.41, 5.74) is 0.724. The number of hydrogen-bond donors (Lipinski definition) is 9. The molecule has 30 nitrogen and oxygen atoms in total. The van der Waals surface area contributed by atoms with Gasteiger partial charge in [0.05, 0.1) is 69.8 Å². The summed E-state index contributed by atoms with van der Waals surface area (Å²) in [6.07, 6.45) is -2.35. The summed E-state index contributed by atoms with van der Waals surface area (Å²) in [6.45, 7) is 12.6. The molecule has 0 saturated heterocycles. The van der Waals surface area contributed by atoms with Gasteiger partial charge in [-0.15, -0.1) is 12.3 Å². The molecule has 0 aliphatic rings. The smallest absolute Gasteiger partial charge is 0.456 e. The van der Waals surface area contributed by atoms with Gasteiger partial charge in [0.15, 0.2) is 23.1 Å². The Morgan fingerprint density at radius 1 is 0.407 bits per heavy atom. The van der Waals surface area contributed by atoms with Crippen molar-refractivity contribution >= 4 is 156 Å². The number of hydrogen-bond acceptors (Lipinski definition) is 21. The predicted molar refractivity (Wildman–Crippen MR) is 415 cm³/mol. The molecule has 1 aromatic carbocycles. The maximum absolute atomic E-state index is 14.6. The standard InChI is InChI=1S/C72H111I2N9O21P2.2K/c1-9-49(84)19-21-52(59(87)11-3)77-64(92)28-23-54(62(90)44-105-73)79-66(94)31-26-57(72(100)82-55(63(91)45-106-74)24-29-65(93)78-53(60(88)12-4)22-20-50(85)10-2)81-67(95)30-25-56(71(99)75-33-34-103-36-35-101-8)80-68(96)32-27-61(89)58(39-46(6)7)83-70(98)48(40-47-17-15-14-16-18-47)41-51(86)42-76-69(97)43-104-38-37-102-13-5;;/h14-18,46,48,52-58H,9-13,19-45H2,1-8H3,(H,75,99)(H,76,97)(H,77,92)(H,78,93)(H,79,94)(H,80,96)(H,81,95)(H,82,100)(H,83,98);;/q-2;2*+1. The molecule has 36 heteroatoms. The zero-order valence-corrected chi connectivity index (χ0v) is 76.8. The molecule has 1 rings (SSSR count). The number of methoxy groups -OCH3 is 1. The van der Waals surface area contributed by atoms with Crippen LogP contribution in [0.4, 0.5) is 0 Å². The third kappa shape index (κ3) is 50.5. The van der Waals surface area contributed by atoms with Crippen LogP contribution in [0.2, 0.25) is 0 Å². The van der Waals surface area contributed by atoms with E-state index in [2.05, 4.69) is 47.9 Å². The van der Waals surface area contributed by atoms with E-state index in [-0.39, 0.29) is 293 Å². The Morgan fingerprint density at radius 3 is 1.30 bits per heavy atom. The van der Waals surface area contributed by atoms with E-state index < -0.39 is 163 Å². The van der Waals surface area contributed by atoms with Crippen molar-refractivity contribution in [2.45, 2.75) is 226 Å². The van der Waals surface area contributed by atoms with E-state index in [1.165, 1.54) is 7.11 Å². The zero-order valence-electron chi connectivity index (χ0n) is 64.4. The minimum atomic E-state index is -1.64. The third-order valence-electron chi connectivity index (χ3n) is 16.6. The Morgan fingerprint density at radius 2 is 0.833 bits per heavy atom. The minimum Gasteiger partial charge on any atom is -0.456 e. The number of ether oxygens (including phenoxy) is 4. The first-order chi connectivity index (χ1) is 50.6. The normalized spacial score (nSPS) is 13.3. The van der Waals surface area contributed by atoms with Crippen LogP contribution < -0.4 is 151 Å². The van der Waals surface area contributed by atoms with Crippen molar-refractivity contribution in [2.75, 3.05) is 78.8 Å². The summed E-state index contributed by atoms with van der Waals surface area (Å²) < 4.78 is 21.0. The molecule has 0 heterocycles. The Kier molecular flexibility index (Phi) is 65.1. The van der Waals surface area contributed by atoms with Crippen LogP contribution in [0.5, 0.6) is 0 Å². The first kappa shape index (κ1) is 107. The first-order valence-corrected chi connectivity index (χ1v) is 43.9. The van der Waals surface area contributed by atoms with Crippen molar-refractivity contribution in [1.82, 2.24) is 47.9 Å². The maximum atomic E-state index is 14.6. The molecule has 9 N–H and O–H groups in total. The number of nitrogens with one attached hydrogen (secondary N) is 9. The SMILES string of the molecule is CCOCCOCC(=O)NCC(=O)CC(Cc1ccccc1)C(=O)NC(CC(C)C)C(=O)CCC(=O)NC(CCC(=O)NC(CCC(=O)NC(CCC(=O)NC(CCC(=O)CC)C(=O)CC)C(=O)C[P-]I)C(=O)NC(CCC(=O)NC(CCC(=O)CC)C(=O)CC)C(=O)C[P-]I)C(=O)NCCOCCOC.[K+].[K+]. The summed E-state index contributed by atoms with van der Waals surface area (Å²) >= 11 is 3.87. The van der Waals surface area contributed by atoms with Crippen molar-refractivity contribution in [3.8, 4) is 0 Å². The fraction of sp³-hybridized carbons (Fsp3) is 0.681. The van der Waals surface area contributed by atoms with Crippen molar-refractivity contribution in [3.63, 3.8) is 0 Å². The number of amides is 9. The molecule has 0 saturated carbocycles. The van der Waals surface area contributed by atoms with E-state index in [0.29, 0.717) is 19.1 Å². The van der Waals surface area contributed by atoms with Gasteiger partial charge >= 0.3 is 103 Å². The number of carbonyl (C=O) groups is 17. The van der Waals surface area contributed by atoms with Gasteiger partial charge in [0.25, 0.3) is 0 Å². The van der Waals surface area contributed by atoms with E-state index in [9.17, 15) is 81.5 Å². The topological polar surface area (TPSA) is 435 Å². The van der Waals surface area contributed by atoms with Gasteiger partial charge in [-0.25, -0.2) is 0 Å². The van der Waals surface area contributed by atoms with Gasteiger partial charge < -0.3 is 133 Å². The molecular formula is C72H111I2K2N9O21P2. The van der Waals surface area contributed by atoms with Gasteiger partial charge in [-0.3, -0.25) is 71.9 Å². The number of halogens is 2. The third-order valence-corrected chi connectivity index (χ3v) is 19.5. The van der Waals surface area contributed by atoms with Crippen LogP contribution in [-0.4, -0.2) is 220 Å². The number of carbonyl (C=O) groups excluding carboxylic acids is 17. The molecule has 0 aliphatic heterocycles. The number of Topliss-reactive ketones (excluding diaryl/α,β-unsaturated/α-hetero) is 8. The van der Waals surface area contributed by atoms with Crippen LogP contribution >= 0.6 is 56.5 Å². The minimum absolute atomic E-state index is 0. The largest absolute Gasteiger partial charge is 1.00 e. The van der Waals surface area contributed by atoms with Gasteiger partial charge in [0.2, 0.25) is 53.2 Å². The number of ketones is 8. The Labute approximate surface area is 750 Å². The summed E-state index contributed by atoms with van der Waals surface area (Å²) in [6, 6.07) is 0.110. The molecule has 0 fully saturated rings. The van der Waals surface area contributed by atoms with E-state index in [4.69, 9.17) is 18.9 Å². The molecule has 0 spiro atoms. The second-order valence-corrected chi connectivity index (χ2v) is 30.7. The predicted octanol–water partition coefficient (Wildman–Crippen LogP) is -1.12. The van der Waals surface area contributed by atoms with Crippen LogP contribution in [0.3, 0.4) is 0 Å². The molecule has 0 bridgehead atoms. The molecule has 9 amide bonds. The first-order valence-electron chi connectivity index (χ1n) is 36.2. The van der Waals surface area contributed by atoms with Crippen LogP contribution in [-0.2, 0) is 107 Å². The summed E-state index contributed by atoms with van der Waals surface area (Å²) in [7, 11) is 1.47. The van der Waals surface area contributed by atoms with Crippen molar-refractivity contribution in [2.24, 2.45) is 11.8 Å². The molecule has 8 atom stereocenters. The molecule has 0 aromatic heterocycles. The molecule has 1 aromatic rings. The molecule has 0 aliphatic carbocycles. The summed E-state index contributed by atoms with van der Waals surface area (Å²) in [5, 5.41) is 23.7. The van der Waals surface area contributed by atoms with E-state index >= 15 is 0 Å². The molecular weight excluding hydrogens is 1720 g/mol. The van der Waals surface area contributed by atoms with E-state index in [1.807, 2.05) is 64.9 Å². The molecule has 108 heavy (non-hydrogen) atoms. The fourth-order valence-corrected chi connectivity index (χ4v) is 13.2. The van der Waals surface area contributed by atoms with Crippen molar-refractivity contribution in [1.29, 1.82) is 0 Å². The van der Waals surface area contributed by atoms with E-state index in [1.54, 1.807) is 58.0 Å².